The highest BCUT2D eigenvalue weighted by Gasteiger charge is 2.28. The first-order chi connectivity index (χ1) is 7.40. The SMILES string of the molecule is OCC1CCCOC1CC1CCCCC1. The van der Waals surface area contributed by atoms with Crippen LogP contribution in [0.4, 0.5) is 0 Å². The summed E-state index contributed by atoms with van der Waals surface area (Å²) < 4.78 is 5.82. The van der Waals surface area contributed by atoms with Crippen LogP contribution in [0.2, 0.25) is 0 Å². The van der Waals surface area contributed by atoms with Gasteiger partial charge in [-0.2, -0.15) is 0 Å². The predicted molar refractivity (Wildman–Crippen MR) is 60.7 cm³/mol. The molecule has 0 aromatic heterocycles. The summed E-state index contributed by atoms with van der Waals surface area (Å²) in [5.41, 5.74) is 0. The molecule has 0 spiro atoms. The van der Waals surface area contributed by atoms with Gasteiger partial charge >= 0.3 is 0 Å². The maximum atomic E-state index is 9.31. The molecule has 2 heteroatoms. The standard InChI is InChI=1S/C13H24O2/c14-10-12-7-4-8-15-13(12)9-11-5-2-1-3-6-11/h11-14H,1-10H2. The van der Waals surface area contributed by atoms with Crippen LogP contribution in [0.3, 0.4) is 0 Å². The summed E-state index contributed by atoms with van der Waals surface area (Å²) in [6.07, 6.45) is 10.8. The minimum Gasteiger partial charge on any atom is -0.396 e. The molecule has 2 fully saturated rings. The second kappa shape index (κ2) is 5.86. The molecule has 0 aromatic carbocycles. The highest BCUT2D eigenvalue weighted by atomic mass is 16.5. The lowest BCUT2D eigenvalue weighted by Gasteiger charge is -2.34. The summed E-state index contributed by atoms with van der Waals surface area (Å²) in [5.74, 6) is 1.29. The van der Waals surface area contributed by atoms with Crippen LogP contribution < -0.4 is 0 Å². The number of aliphatic hydroxyl groups is 1. The molecular formula is C13H24O2. The number of hydrogen-bond acceptors (Lipinski definition) is 2. The Morgan fingerprint density at radius 3 is 2.53 bits per heavy atom. The highest BCUT2D eigenvalue weighted by Crippen LogP contribution is 2.32. The van der Waals surface area contributed by atoms with E-state index in [0.29, 0.717) is 18.6 Å². The van der Waals surface area contributed by atoms with E-state index in [1.54, 1.807) is 0 Å². The fourth-order valence-corrected chi connectivity index (χ4v) is 3.12. The van der Waals surface area contributed by atoms with Crippen molar-refractivity contribution in [2.45, 2.75) is 57.5 Å². The van der Waals surface area contributed by atoms with Crippen LogP contribution in [0.5, 0.6) is 0 Å². The highest BCUT2D eigenvalue weighted by molar-refractivity contribution is 4.78. The first kappa shape index (κ1) is 11.4. The van der Waals surface area contributed by atoms with Crippen molar-refractivity contribution < 1.29 is 9.84 Å². The average Bonchev–Trinajstić information content (AvgIpc) is 2.31. The Balaban J connectivity index is 1.79. The van der Waals surface area contributed by atoms with Gasteiger partial charge in [0.1, 0.15) is 0 Å². The fourth-order valence-electron chi connectivity index (χ4n) is 3.12. The maximum absolute atomic E-state index is 9.31. The molecule has 1 aliphatic carbocycles. The van der Waals surface area contributed by atoms with Crippen molar-refractivity contribution in [2.75, 3.05) is 13.2 Å². The lowest BCUT2D eigenvalue weighted by Crippen LogP contribution is -2.34. The van der Waals surface area contributed by atoms with E-state index >= 15 is 0 Å². The Labute approximate surface area is 93.0 Å². The second-order valence-corrected chi connectivity index (χ2v) is 5.23. The van der Waals surface area contributed by atoms with Crippen molar-refractivity contribution >= 4 is 0 Å². The largest absolute Gasteiger partial charge is 0.396 e. The number of ether oxygens (including phenoxy) is 1. The van der Waals surface area contributed by atoms with Crippen LogP contribution >= 0.6 is 0 Å². The molecule has 0 bridgehead atoms. The normalized spacial score (nSPS) is 34.2. The van der Waals surface area contributed by atoms with E-state index in [2.05, 4.69) is 0 Å². The van der Waals surface area contributed by atoms with Crippen LogP contribution in [0.25, 0.3) is 0 Å². The van der Waals surface area contributed by atoms with E-state index in [9.17, 15) is 5.11 Å². The molecule has 1 aliphatic heterocycles. The third-order valence-corrected chi connectivity index (χ3v) is 4.10. The van der Waals surface area contributed by atoms with E-state index in [0.717, 1.165) is 25.4 Å². The molecule has 2 aliphatic rings. The van der Waals surface area contributed by atoms with Gasteiger partial charge in [0, 0.05) is 19.1 Å². The van der Waals surface area contributed by atoms with Crippen LogP contribution in [-0.4, -0.2) is 24.4 Å². The lowest BCUT2D eigenvalue weighted by atomic mass is 9.81. The molecule has 0 amide bonds. The van der Waals surface area contributed by atoms with E-state index in [-0.39, 0.29) is 0 Å². The Morgan fingerprint density at radius 2 is 1.80 bits per heavy atom. The van der Waals surface area contributed by atoms with Crippen molar-refractivity contribution in [3.63, 3.8) is 0 Å². The lowest BCUT2D eigenvalue weighted by molar-refractivity contribution is -0.0570. The van der Waals surface area contributed by atoms with Crippen molar-refractivity contribution in [3.05, 3.63) is 0 Å². The quantitative estimate of drug-likeness (QED) is 0.779. The summed E-state index contributed by atoms with van der Waals surface area (Å²) in [5, 5.41) is 9.31. The van der Waals surface area contributed by atoms with Crippen LogP contribution in [-0.2, 0) is 4.74 Å². The molecule has 88 valence electrons. The minimum absolute atomic E-state index is 0.317. The van der Waals surface area contributed by atoms with E-state index in [1.807, 2.05) is 0 Å². The predicted octanol–water partition coefficient (Wildman–Crippen LogP) is 2.74. The zero-order valence-electron chi connectivity index (χ0n) is 9.66. The van der Waals surface area contributed by atoms with Crippen LogP contribution in [0, 0.1) is 11.8 Å². The van der Waals surface area contributed by atoms with Crippen LogP contribution in [0.15, 0.2) is 0 Å². The maximum Gasteiger partial charge on any atom is 0.0627 e. The number of hydrogen-bond donors (Lipinski definition) is 1. The summed E-state index contributed by atoms with van der Waals surface area (Å²) >= 11 is 0. The molecule has 15 heavy (non-hydrogen) atoms. The molecule has 0 aromatic rings. The first-order valence-electron chi connectivity index (χ1n) is 6.62. The van der Waals surface area contributed by atoms with Gasteiger partial charge in [0.05, 0.1) is 6.10 Å². The molecule has 1 saturated carbocycles. The number of rotatable bonds is 3. The molecule has 1 saturated heterocycles. The smallest absolute Gasteiger partial charge is 0.0627 e. The van der Waals surface area contributed by atoms with Gasteiger partial charge in [-0.3, -0.25) is 0 Å². The second-order valence-electron chi connectivity index (χ2n) is 5.23. The molecule has 2 rings (SSSR count). The number of aliphatic hydroxyl groups excluding tert-OH is 1. The Kier molecular flexibility index (Phi) is 4.45. The van der Waals surface area contributed by atoms with Crippen molar-refractivity contribution in [1.29, 1.82) is 0 Å². The Hall–Kier alpha value is -0.0800. The molecule has 1 N–H and O–H groups in total. The van der Waals surface area contributed by atoms with Gasteiger partial charge in [-0.1, -0.05) is 32.1 Å². The van der Waals surface area contributed by atoms with Crippen molar-refractivity contribution in [1.82, 2.24) is 0 Å². The van der Waals surface area contributed by atoms with Crippen molar-refractivity contribution in [2.24, 2.45) is 11.8 Å². The zero-order valence-corrected chi connectivity index (χ0v) is 9.66. The van der Waals surface area contributed by atoms with Gasteiger partial charge in [-0.25, -0.2) is 0 Å². The van der Waals surface area contributed by atoms with E-state index in [4.69, 9.17) is 4.74 Å². The Morgan fingerprint density at radius 1 is 1.00 bits per heavy atom. The van der Waals surface area contributed by atoms with Gasteiger partial charge < -0.3 is 9.84 Å². The van der Waals surface area contributed by atoms with Gasteiger partial charge in [0.2, 0.25) is 0 Å². The molecule has 1 heterocycles. The first-order valence-corrected chi connectivity index (χ1v) is 6.62. The monoisotopic (exact) mass is 212 g/mol. The molecule has 2 unspecified atom stereocenters. The Bertz CT molecular complexity index is 175. The molecule has 2 atom stereocenters. The fraction of sp³-hybridized carbons (Fsp3) is 1.00. The van der Waals surface area contributed by atoms with Gasteiger partial charge in [0.25, 0.3) is 0 Å². The molecule has 2 nitrogen and oxygen atoms in total. The van der Waals surface area contributed by atoms with E-state index in [1.165, 1.54) is 38.5 Å². The van der Waals surface area contributed by atoms with Gasteiger partial charge in [-0.15, -0.1) is 0 Å². The average molecular weight is 212 g/mol. The van der Waals surface area contributed by atoms with Crippen molar-refractivity contribution in [3.8, 4) is 0 Å². The summed E-state index contributed by atoms with van der Waals surface area (Å²) in [6, 6.07) is 0. The third kappa shape index (κ3) is 3.18. The zero-order chi connectivity index (χ0) is 10.5. The van der Waals surface area contributed by atoms with Gasteiger partial charge in [-0.05, 0) is 25.2 Å². The summed E-state index contributed by atoms with van der Waals surface area (Å²) in [6.45, 7) is 1.23. The summed E-state index contributed by atoms with van der Waals surface area (Å²) in [4.78, 5) is 0. The van der Waals surface area contributed by atoms with E-state index < -0.39 is 0 Å². The van der Waals surface area contributed by atoms with Crippen LogP contribution in [0.1, 0.15) is 51.4 Å². The van der Waals surface area contributed by atoms with Gasteiger partial charge in [0.15, 0.2) is 0 Å². The third-order valence-electron chi connectivity index (χ3n) is 4.10. The molecular weight excluding hydrogens is 188 g/mol. The topological polar surface area (TPSA) is 29.5 Å². The molecule has 0 radical (unpaired) electrons. The minimum atomic E-state index is 0.317. The summed E-state index contributed by atoms with van der Waals surface area (Å²) in [7, 11) is 0.